The fraction of sp³-hybridized carbons (Fsp3) is 0.560. The first-order valence-corrected chi connectivity index (χ1v) is 12.0. The number of nitrogens with zero attached hydrogens (tertiary/aromatic N) is 3. The van der Waals surface area contributed by atoms with Gasteiger partial charge in [0, 0.05) is 50.4 Å². The van der Waals surface area contributed by atoms with Gasteiger partial charge in [0.15, 0.2) is 0 Å². The van der Waals surface area contributed by atoms with E-state index in [1.54, 1.807) is 13.3 Å². The Hall–Kier alpha value is -2.24. The highest BCUT2D eigenvalue weighted by molar-refractivity contribution is 6.33. The molecular formula is C25H32ClN5O2. The quantitative estimate of drug-likeness (QED) is 0.625. The van der Waals surface area contributed by atoms with Crippen molar-refractivity contribution in [2.24, 2.45) is 17.1 Å². The van der Waals surface area contributed by atoms with Crippen LogP contribution in [0.4, 0.5) is 5.82 Å². The third-order valence-corrected chi connectivity index (χ3v) is 7.29. The SMILES string of the molecule is CO[C@@H]1C[C@@H](Cc2cc(-c3cccc(NCC4(C#N)CCOCC4)n3)c(Cl)cn2)CC[C@@H]1N. The number of rotatable bonds is 7. The number of ether oxygens (including phenoxy) is 2. The lowest BCUT2D eigenvalue weighted by Gasteiger charge is -2.33. The van der Waals surface area contributed by atoms with Gasteiger partial charge in [0.1, 0.15) is 5.82 Å². The van der Waals surface area contributed by atoms with Gasteiger partial charge in [-0.15, -0.1) is 0 Å². The third-order valence-electron chi connectivity index (χ3n) is 6.98. The van der Waals surface area contributed by atoms with Crippen molar-refractivity contribution >= 4 is 17.4 Å². The van der Waals surface area contributed by atoms with Gasteiger partial charge in [0.25, 0.3) is 0 Å². The van der Waals surface area contributed by atoms with E-state index in [0.717, 1.165) is 61.3 Å². The number of anilines is 1. The van der Waals surface area contributed by atoms with Crippen molar-refractivity contribution in [2.45, 2.75) is 50.7 Å². The molecule has 33 heavy (non-hydrogen) atoms. The minimum Gasteiger partial charge on any atom is -0.381 e. The molecule has 1 aliphatic heterocycles. The second-order valence-corrected chi connectivity index (χ2v) is 9.65. The molecule has 3 heterocycles. The van der Waals surface area contributed by atoms with Crippen LogP contribution >= 0.6 is 11.6 Å². The number of aromatic nitrogens is 2. The largest absolute Gasteiger partial charge is 0.381 e. The summed E-state index contributed by atoms with van der Waals surface area (Å²) in [6.45, 7) is 1.79. The zero-order valence-electron chi connectivity index (χ0n) is 19.1. The summed E-state index contributed by atoms with van der Waals surface area (Å²) in [5, 5.41) is 13.6. The fourth-order valence-corrected chi connectivity index (χ4v) is 5.01. The van der Waals surface area contributed by atoms with Gasteiger partial charge < -0.3 is 20.5 Å². The summed E-state index contributed by atoms with van der Waals surface area (Å²) < 4.78 is 11.0. The Bertz CT molecular complexity index is 989. The van der Waals surface area contributed by atoms with E-state index in [1.165, 1.54) is 0 Å². The average molecular weight is 470 g/mol. The van der Waals surface area contributed by atoms with E-state index in [4.69, 9.17) is 31.8 Å². The summed E-state index contributed by atoms with van der Waals surface area (Å²) in [7, 11) is 1.73. The van der Waals surface area contributed by atoms with Gasteiger partial charge in [-0.05, 0) is 62.6 Å². The third kappa shape index (κ3) is 5.82. The van der Waals surface area contributed by atoms with Gasteiger partial charge in [0.05, 0.1) is 28.3 Å². The van der Waals surface area contributed by atoms with Crippen LogP contribution in [-0.2, 0) is 15.9 Å². The maximum Gasteiger partial charge on any atom is 0.126 e. The number of nitrogens with one attached hydrogen (secondary N) is 1. The maximum atomic E-state index is 9.70. The Morgan fingerprint density at radius 3 is 2.91 bits per heavy atom. The van der Waals surface area contributed by atoms with E-state index < -0.39 is 5.41 Å². The van der Waals surface area contributed by atoms with E-state index in [0.29, 0.717) is 30.7 Å². The standard InChI is InChI=1S/C25H32ClN5O2/c1-32-23-12-17(5-6-21(23)28)11-18-13-19(20(26)14-29-18)22-3-2-4-24(31-22)30-16-25(15-27)7-9-33-10-8-25/h2-4,13-14,17,21,23H,5-12,16,28H2,1H3,(H,30,31)/t17-,21+,23-/m1/s1. The van der Waals surface area contributed by atoms with Crippen LogP contribution in [0.2, 0.25) is 5.02 Å². The Kier molecular flexibility index (Phi) is 7.82. The number of nitrogens with two attached hydrogens (primary N) is 1. The Balaban J connectivity index is 1.47. The molecule has 8 heteroatoms. The first kappa shape index (κ1) is 23.9. The molecule has 3 N–H and O–H groups in total. The van der Waals surface area contributed by atoms with Crippen molar-refractivity contribution < 1.29 is 9.47 Å². The lowest BCUT2D eigenvalue weighted by molar-refractivity contribution is 0.0347. The number of nitriles is 1. The van der Waals surface area contributed by atoms with Crippen molar-refractivity contribution in [3.8, 4) is 17.3 Å². The van der Waals surface area contributed by atoms with Gasteiger partial charge in [-0.2, -0.15) is 5.26 Å². The topological polar surface area (TPSA) is 106 Å². The molecule has 4 rings (SSSR count). The van der Waals surface area contributed by atoms with E-state index in [1.807, 2.05) is 24.3 Å². The van der Waals surface area contributed by atoms with Crippen LogP contribution in [-0.4, -0.2) is 49.0 Å². The monoisotopic (exact) mass is 469 g/mol. The van der Waals surface area contributed by atoms with E-state index in [9.17, 15) is 5.26 Å². The minimum absolute atomic E-state index is 0.104. The van der Waals surface area contributed by atoms with E-state index in [2.05, 4.69) is 16.4 Å². The van der Waals surface area contributed by atoms with Crippen LogP contribution in [0.1, 0.15) is 37.8 Å². The molecular weight excluding hydrogens is 438 g/mol. The summed E-state index contributed by atoms with van der Waals surface area (Å²) in [5.41, 5.74) is 8.40. The van der Waals surface area contributed by atoms with E-state index >= 15 is 0 Å². The van der Waals surface area contributed by atoms with Crippen molar-refractivity contribution in [1.82, 2.24) is 9.97 Å². The second kappa shape index (κ2) is 10.8. The highest BCUT2D eigenvalue weighted by Crippen LogP contribution is 2.33. The van der Waals surface area contributed by atoms with Gasteiger partial charge in [-0.25, -0.2) is 4.98 Å². The molecule has 2 aromatic heterocycles. The summed E-state index contributed by atoms with van der Waals surface area (Å²) in [5.74, 6) is 1.21. The predicted molar refractivity (Wildman–Crippen MR) is 129 cm³/mol. The fourth-order valence-electron chi connectivity index (χ4n) is 4.81. The Morgan fingerprint density at radius 2 is 2.15 bits per heavy atom. The molecule has 176 valence electrons. The molecule has 0 bridgehead atoms. The van der Waals surface area contributed by atoms with Crippen molar-refractivity contribution in [3.63, 3.8) is 0 Å². The Labute approximate surface area is 200 Å². The maximum absolute atomic E-state index is 9.70. The summed E-state index contributed by atoms with van der Waals surface area (Å²) >= 11 is 6.52. The van der Waals surface area contributed by atoms with Crippen LogP contribution in [0.15, 0.2) is 30.5 Å². The Morgan fingerprint density at radius 1 is 1.33 bits per heavy atom. The summed E-state index contributed by atoms with van der Waals surface area (Å²) in [6, 6.07) is 10.5. The first-order chi connectivity index (χ1) is 16.0. The summed E-state index contributed by atoms with van der Waals surface area (Å²) in [6.07, 6.45) is 7.12. The lowest BCUT2D eigenvalue weighted by Crippen LogP contribution is -2.41. The average Bonchev–Trinajstić information content (AvgIpc) is 2.86. The number of methoxy groups -OCH3 is 1. The molecule has 0 radical (unpaired) electrons. The summed E-state index contributed by atoms with van der Waals surface area (Å²) in [4.78, 5) is 9.35. The number of hydrogen-bond donors (Lipinski definition) is 2. The molecule has 7 nitrogen and oxygen atoms in total. The zero-order valence-corrected chi connectivity index (χ0v) is 19.9. The molecule has 0 unspecified atom stereocenters. The molecule has 0 aromatic carbocycles. The number of pyridine rings is 2. The van der Waals surface area contributed by atoms with Crippen LogP contribution in [0.3, 0.4) is 0 Å². The molecule has 1 saturated carbocycles. The lowest BCUT2D eigenvalue weighted by atomic mass is 9.81. The second-order valence-electron chi connectivity index (χ2n) is 9.24. The molecule has 2 aliphatic rings. The van der Waals surface area contributed by atoms with Gasteiger partial charge >= 0.3 is 0 Å². The van der Waals surface area contributed by atoms with Crippen LogP contribution in [0, 0.1) is 22.7 Å². The smallest absolute Gasteiger partial charge is 0.126 e. The van der Waals surface area contributed by atoms with Gasteiger partial charge in [-0.1, -0.05) is 17.7 Å². The van der Waals surface area contributed by atoms with Crippen molar-refractivity contribution in [1.29, 1.82) is 5.26 Å². The molecule has 1 saturated heterocycles. The van der Waals surface area contributed by atoms with Crippen LogP contribution in [0.25, 0.3) is 11.3 Å². The predicted octanol–water partition coefficient (Wildman–Crippen LogP) is 4.21. The normalized spacial score (nSPS) is 24.7. The highest BCUT2D eigenvalue weighted by atomic mass is 35.5. The molecule has 2 aromatic rings. The number of hydrogen-bond acceptors (Lipinski definition) is 7. The number of halogens is 1. The van der Waals surface area contributed by atoms with Crippen molar-refractivity contribution in [3.05, 3.63) is 41.2 Å². The zero-order chi connectivity index (χ0) is 23.3. The van der Waals surface area contributed by atoms with Crippen LogP contribution in [0.5, 0.6) is 0 Å². The molecule has 3 atom stereocenters. The van der Waals surface area contributed by atoms with Gasteiger partial charge in [-0.3, -0.25) is 4.98 Å². The minimum atomic E-state index is -0.417. The molecule has 0 spiro atoms. The van der Waals surface area contributed by atoms with Gasteiger partial charge in [0.2, 0.25) is 0 Å². The molecule has 2 fully saturated rings. The molecule has 1 aliphatic carbocycles. The molecule has 0 amide bonds. The van der Waals surface area contributed by atoms with Crippen molar-refractivity contribution in [2.75, 3.05) is 32.2 Å². The van der Waals surface area contributed by atoms with Crippen LogP contribution < -0.4 is 11.1 Å². The highest BCUT2D eigenvalue weighted by Gasteiger charge is 2.32. The van der Waals surface area contributed by atoms with E-state index in [-0.39, 0.29) is 12.1 Å². The first-order valence-electron chi connectivity index (χ1n) is 11.6.